The van der Waals surface area contributed by atoms with Crippen LogP contribution in [0.4, 0.5) is 5.69 Å². The molecule has 0 radical (unpaired) electrons. The van der Waals surface area contributed by atoms with Crippen molar-refractivity contribution >= 4 is 47.2 Å². The van der Waals surface area contributed by atoms with Crippen LogP contribution in [0.1, 0.15) is 28.0 Å². The van der Waals surface area contributed by atoms with Gasteiger partial charge >= 0.3 is 0 Å². The molecule has 1 aliphatic carbocycles. The second-order valence-corrected chi connectivity index (χ2v) is 7.06. The Bertz CT molecular complexity index is 983. The first kappa shape index (κ1) is 19.8. The highest BCUT2D eigenvalue weighted by Crippen LogP contribution is 2.31. The maximum Gasteiger partial charge on any atom is 0.275 e. The van der Waals surface area contributed by atoms with Crippen molar-refractivity contribution in [1.29, 1.82) is 0 Å². The molecule has 9 heteroatoms. The lowest BCUT2D eigenvalue weighted by Gasteiger charge is -2.22. The molecule has 0 saturated heterocycles. The van der Waals surface area contributed by atoms with Crippen molar-refractivity contribution in [3.8, 4) is 11.5 Å². The maximum absolute atomic E-state index is 12.6. The fourth-order valence-corrected chi connectivity index (χ4v) is 3.55. The minimum atomic E-state index is -0.376. The lowest BCUT2D eigenvalue weighted by molar-refractivity contribution is 0.102. The van der Waals surface area contributed by atoms with Gasteiger partial charge < -0.3 is 15.5 Å². The van der Waals surface area contributed by atoms with E-state index in [1.807, 2.05) is 18.2 Å². The number of carbonyl (C=O) groups is 1. The lowest BCUT2D eigenvalue weighted by atomic mass is 9.88. The van der Waals surface area contributed by atoms with Crippen LogP contribution in [-0.2, 0) is 12.8 Å². The summed E-state index contributed by atoms with van der Waals surface area (Å²) in [6.45, 7) is 0. The molecule has 1 aromatic carbocycles. The Balaban J connectivity index is 0.00000210. The Morgan fingerprint density at radius 2 is 2.07 bits per heavy atom. The molecular formula is C18H17Cl3N4O2. The van der Waals surface area contributed by atoms with Gasteiger partial charge in [0.15, 0.2) is 11.0 Å². The third-order valence-electron chi connectivity index (χ3n) is 4.47. The molecule has 0 fully saturated rings. The van der Waals surface area contributed by atoms with Gasteiger partial charge in [-0.3, -0.25) is 9.89 Å². The molecule has 0 aliphatic heterocycles. The van der Waals surface area contributed by atoms with Crippen molar-refractivity contribution in [3.63, 3.8) is 0 Å². The number of nitrogens with two attached hydrogens (primary N) is 1. The van der Waals surface area contributed by atoms with Crippen LogP contribution in [0, 0.1) is 0 Å². The van der Waals surface area contributed by atoms with Gasteiger partial charge in [-0.25, -0.2) is 0 Å². The second-order valence-electron chi connectivity index (χ2n) is 6.31. The Hall–Kier alpha value is -1.99. The van der Waals surface area contributed by atoms with Gasteiger partial charge in [-0.15, -0.1) is 12.4 Å². The van der Waals surface area contributed by atoms with Crippen LogP contribution >= 0.6 is 35.6 Å². The van der Waals surface area contributed by atoms with E-state index < -0.39 is 0 Å². The van der Waals surface area contributed by atoms with E-state index in [9.17, 15) is 4.79 Å². The Kier molecular flexibility index (Phi) is 5.81. The van der Waals surface area contributed by atoms with Crippen LogP contribution in [0.15, 0.2) is 34.7 Å². The maximum atomic E-state index is 12.6. The number of amides is 1. The van der Waals surface area contributed by atoms with E-state index in [2.05, 4.69) is 15.5 Å². The lowest BCUT2D eigenvalue weighted by Crippen LogP contribution is -2.27. The zero-order valence-corrected chi connectivity index (χ0v) is 16.4. The Morgan fingerprint density at radius 3 is 2.81 bits per heavy atom. The number of nitrogens with one attached hydrogen (secondary N) is 2. The van der Waals surface area contributed by atoms with E-state index >= 15 is 0 Å². The number of aryl methyl sites for hydroxylation is 1. The average molecular weight is 428 g/mol. The number of hydrogen-bond acceptors (Lipinski definition) is 4. The monoisotopic (exact) mass is 426 g/mol. The molecule has 2 aromatic heterocycles. The summed E-state index contributed by atoms with van der Waals surface area (Å²) in [6.07, 6.45) is 2.73. The summed E-state index contributed by atoms with van der Waals surface area (Å²) < 4.78 is 5.29. The highest BCUT2D eigenvalue weighted by molar-refractivity contribution is 6.36. The number of aromatic amines is 1. The fourth-order valence-electron chi connectivity index (χ4n) is 3.14. The summed E-state index contributed by atoms with van der Waals surface area (Å²) in [6, 6.07) is 9.29. The van der Waals surface area contributed by atoms with Crippen molar-refractivity contribution in [2.45, 2.75) is 25.3 Å². The molecule has 3 aromatic rings. The number of benzene rings is 1. The van der Waals surface area contributed by atoms with Gasteiger partial charge in [0.05, 0.1) is 0 Å². The first-order chi connectivity index (χ1) is 12.5. The predicted octanol–water partition coefficient (Wildman–Crippen LogP) is 4.47. The van der Waals surface area contributed by atoms with Gasteiger partial charge in [0, 0.05) is 11.7 Å². The normalized spacial score (nSPS) is 15.7. The minimum absolute atomic E-state index is 0. The van der Waals surface area contributed by atoms with Crippen molar-refractivity contribution in [2.24, 2.45) is 5.73 Å². The van der Waals surface area contributed by atoms with E-state index in [1.165, 1.54) is 11.1 Å². The van der Waals surface area contributed by atoms with E-state index in [4.69, 9.17) is 33.4 Å². The van der Waals surface area contributed by atoms with Crippen LogP contribution in [0.5, 0.6) is 0 Å². The number of fused-ring (bicyclic) bond motifs is 1. The molecule has 1 amide bonds. The Labute approximate surface area is 171 Å². The van der Waals surface area contributed by atoms with Crippen LogP contribution in [-0.4, -0.2) is 22.1 Å². The van der Waals surface area contributed by atoms with Crippen molar-refractivity contribution in [2.75, 3.05) is 5.32 Å². The number of carbonyl (C=O) groups excluding carboxylic acids is 1. The molecule has 1 atom stereocenters. The van der Waals surface area contributed by atoms with Crippen LogP contribution in [0.25, 0.3) is 11.5 Å². The second kappa shape index (κ2) is 7.94. The standard InChI is InChI=1S/C18H16Cl2N4O2.ClH/c19-14-6-5-13(26-14)16-15(20)17(24-23-16)18(25)22-12-4-2-9-7-11(21)3-1-10(9)8-12;/h2,4-6,8,11H,1,3,7,21H2,(H,22,25)(H,23,24);1H/t11-;/m0./s1. The number of aromatic nitrogens is 2. The van der Waals surface area contributed by atoms with Gasteiger partial charge in [0.2, 0.25) is 0 Å². The topological polar surface area (TPSA) is 96.9 Å². The van der Waals surface area contributed by atoms with Gasteiger partial charge in [-0.2, -0.15) is 5.10 Å². The molecule has 0 spiro atoms. The number of nitrogens with zero attached hydrogens (tertiary/aromatic N) is 1. The largest absolute Gasteiger partial charge is 0.443 e. The van der Waals surface area contributed by atoms with Crippen LogP contribution in [0.2, 0.25) is 10.2 Å². The molecule has 0 bridgehead atoms. The van der Waals surface area contributed by atoms with Crippen LogP contribution < -0.4 is 11.1 Å². The smallest absolute Gasteiger partial charge is 0.275 e. The molecule has 27 heavy (non-hydrogen) atoms. The van der Waals surface area contributed by atoms with Crippen molar-refractivity contribution in [3.05, 3.63) is 57.4 Å². The predicted molar refractivity (Wildman–Crippen MR) is 108 cm³/mol. The highest BCUT2D eigenvalue weighted by atomic mass is 35.5. The third-order valence-corrected chi connectivity index (χ3v) is 5.04. The van der Waals surface area contributed by atoms with Gasteiger partial charge in [-0.1, -0.05) is 17.7 Å². The number of rotatable bonds is 3. The highest BCUT2D eigenvalue weighted by Gasteiger charge is 2.22. The van der Waals surface area contributed by atoms with E-state index in [-0.39, 0.29) is 40.3 Å². The molecular weight excluding hydrogens is 411 g/mol. The summed E-state index contributed by atoms with van der Waals surface area (Å²) in [7, 11) is 0. The van der Waals surface area contributed by atoms with Crippen molar-refractivity contribution < 1.29 is 9.21 Å². The van der Waals surface area contributed by atoms with E-state index in [0.29, 0.717) is 17.1 Å². The third kappa shape index (κ3) is 3.99. The van der Waals surface area contributed by atoms with Gasteiger partial charge in [0.25, 0.3) is 5.91 Å². The zero-order valence-electron chi connectivity index (χ0n) is 14.1. The Morgan fingerprint density at radius 1 is 1.26 bits per heavy atom. The van der Waals surface area contributed by atoms with Gasteiger partial charge in [-0.05, 0) is 66.3 Å². The number of H-pyrrole nitrogens is 1. The average Bonchev–Trinajstić information content (AvgIpc) is 3.20. The summed E-state index contributed by atoms with van der Waals surface area (Å²) in [4.78, 5) is 12.6. The summed E-state index contributed by atoms with van der Waals surface area (Å²) in [5, 5.41) is 9.96. The molecule has 2 heterocycles. The molecule has 4 N–H and O–H groups in total. The SMILES string of the molecule is Cl.N[C@H]1CCc2cc(NC(=O)c3[nH]nc(-c4ccc(Cl)o4)c3Cl)ccc2C1. The number of halogens is 3. The summed E-state index contributed by atoms with van der Waals surface area (Å²) in [5.74, 6) is 0.0132. The number of furan rings is 1. The first-order valence-electron chi connectivity index (χ1n) is 8.19. The van der Waals surface area contributed by atoms with Crippen molar-refractivity contribution in [1.82, 2.24) is 10.2 Å². The number of hydrogen-bond donors (Lipinski definition) is 3. The summed E-state index contributed by atoms with van der Waals surface area (Å²) in [5.41, 5.74) is 9.65. The fraction of sp³-hybridized carbons (Fsp3) is 0.222. The molecule has 142 valence electrons. The zero-order chi connectivity index (χ0) is 18.3. The molecule has 1 aliphatic rings. The number of anilines is 1. The van der Waals surface area contributed by atoms with Gasteiger partial charge in [0.1, 0.15) is 16.4 Å². The first-order valence-corrected chi connectivity index (χ1v) is 8.95. The van der Waals surface area contributed by atoms with E-state index in [1.54, 1.807) is 12.1 Å². The summed E-state index contributed by atoms with van der Waals surface area (Å²) >= 11 is 12.1. The minimum Gasteiger partial charge on any atom is -0.443 e. The van der Waals surface area contributed by atoms with E-state index in [0.717, 1.165) is 19.3 Å². The molecule has 6 nitrogen and oxygen atoms in total. The van der Waals surface area contributed by atoms with Crippen LogP contribution in [0.3, 0.4) is 0 Å². The molecule has 0 saturated carbocycles. The quantitative estimate of drug-likeness (QED) is 0.574. The molecule has 0 unspecified atom stereocenters. The molecule has 4 rings (SSSR count).